The molecule has 0 unspecified atom stereocenters. The number of hydrogen-bond acceptors (Lipinski definition) is 4. The maximum Gasteiger partial charge on any atom is 0.176 e. The maximum absolute atomic E-state index is 12.2. The summed E-state index contributed by atoms with van der Waals surface area (Å²) in [4.78, 5) is 5.01. The molecule has 5 heteroatoms. The van der Waals surface area contributed by atoms with E-state index in [1.807, 2.05) is 24.3 Å². The van der Waals surface area contributed by atoms with Crippen LogP contribution in [0.5, 0.6) is 0 Å². The fourth-order valence-corrected chi connectivity index (χ4v) is 4.72. The summed E-state index contributed by atoms with van der Waals surface area (Å²) in [5.41, 5.74) is 5.23. The summed E-state index contributed by atoms with van der Waals surface area (Å²) < 4.78 is 24.5. The van der Waals surface area contributed by atoms with Gasteiger partial charge in [-0.05, 0) is 48.5 Å². The van der Waals surface area contributed by atoms with Gasteiger partial charge in [-0.25, -0.2) is 8.42 Å². The lowest BCUT2D eigenvalue weighted by Gasteiger charge is -2.25. The Labute approximate surface area is 167 Å². The van der Waals surface area contributed by atoms with Gasteiger partial charge in [0, 0.05) is 42.8 Å². The fourth-order valence-electron chi connectivity index (χ4n) is 3.81. The zero-order valence-corrected chi connectivity index (χ0v) is 17.0. The Bertz CT molecular complexity index is 1090. The Hall–Kier alpha value is -2.63. The van der Waals surface area contributed by atoms with Gasteiger partial charge in [0.15, 0.2) is 9.84 Å². The predicted molar refractivity (Wildman–Crippen MR) is 115 cm³/mol. The standard InChI is InChI=1S/C23H24N2O2S/c1-24-14-15-25(20-8-4-3-5-9-20)22-13-12-18(16-19(22)17-24)21-10-6-7-11-23(21)28(2,26)27/h3-13,16H,14-15,17H2,1-2H3. The lowest BCUT2D eigenvalue weighted by molar-refractivity contribution is 0.343. The fraction of sp³-hybridized carbons (Fsp3) is 0.217. The topological polar surface area (TPSA) is 40.6 Å². The smallest absolute Gasteiger partial charge is 0.176 e. The monoisotopic (exact) mass is 392 g/mol. The van der Waals surface area contributed by atoms with Gasteiger partial charge in [0.2, 0.25) is 0 Å². The Balaban J connectivity index is 1.84. The van der Waals surface area contributed by atoms with Gasteiger partial charge in [0.1, 0.15) is 0 Å². The quantitative estimate of drug-likeness (QED) is 0.665. The van der Waals surface area contributed by atoms with E-state index >= 15 is 0 Å². The minimum absolute atomic E-state index is 0.372. The van der Waals surface area contributed by atoms with Gasteiger partial charge >= 0.3 is 0 Å². The number of hydrogen-bond donors (Lipinski definition) is 0. The molecule has 0 aliphatic carbocycles. The van der Waals surface area contributed by atoms with E-state index in [4.69, 9.17) is 0 Å². The number of nitrogens with zero attached hydrogens (tertiary/aromatic N) is 2. The van der Waals surface area contributed by atoms with Crippen molar-refractivity contribution in [1.29, 1.82) is 0 Å². The van der Waals surface area contributed by atoms with Gasteiger partial charge in [-0.2, -0.15) is 0 Å². The zero-order valence-electron chi connectivity index (χ0n) is 16.2. The number of fused-ring (bicyclic) bond motifs is 1. The molecule has 4 nitrogen and oxygen atoms in total. The molecule has 28 heavy (non-hydrogen) atoms. The summed E-state index contributed by atoms with van der Waals surface area (Å²) >= 11 is 0. The van der Waals surface area contributed by atoms with E-state index in [0.717, 1.165) is 30.8 Å². The van der Waals surface area contributed by atoms with Gasteiger partial charge in [-0.3, -0.25) is 0 Å². The Morgan fingerprint density at radius 1 is 0.857 bits per heavy atom. The third-order valence-electron chi connectivity index (χ3n) is 5.18. The lowest BCUT2D eigenvalue weighted by atomic mass is 10.0. The lowest BCUT2D eigenvalue weighted by Crippen LogP contribution is -2.26. The Kier molecular flexibility index (Phi) is 4.96. The Morgan fingerprint density at radius 3 is 2.32 bits per heavy atom. The molecule has 0 atom stereocenters. The summed E-state index contributed by atoms with van der Waals surface area (Å²) in [6.45, 7) is 2.69. The number of benzene rings is 3. The minimum atomic E-state index is -3.30. The third kappa shape index (κ3) is 3.68. The van der Waals surface area contributed by atoms with Crippen molar-refractivity contribution < 1.29 is 8.42 Å². The molecule has 0 radical (unpaired) electrons. The van der Waals surface area contributed by atoms with Gasteiger partial charge in [0.25, 0.3) is 0 Å². The molecule has 0 bridgehead atoms. The minimum Gasteiger partial charge on any atom is -0.340 e. The Morgan fingerprint density at radius 2 is 1.57 bits per heavy atom. The molecule has 3 aromatic carbocycles. The van der Waals surface area contributed by atoms with Crippen molar-refractivity contribution in [3.8, 4) is 11.1 Å². The molecular formula is C23H24N2O2S. The van der Waals surface area contributed by atoms with Gasteiger partial charge in [0.05, 0.1) is 4.90 Å². The van der Waals surface area contributed by atoms with Gasteiger partial charge < -0.3 is 9.80 Å². The highest BCUT2D eigenvalue weighted by molar-refractivity contribution is 7.90. The van der Waals surface area contributed by atoms with Crippen LogP contribution in [0.25, 0.3) is 11.1 Å². The van der Waals surface area contributed by atoms with Crippen molar-refractivity contribution in [2.24, 2.45) is 0 Å². The first-order valence-corrected chi connectivity index (χ1v) is 11.3. The van der Waals surface area contributed by atoms with E-state index in [2.05, 4.69) is 53.2 Å². The normalized spacial score (nSPS) is 15.1. The molecule has 3 aromatic rings. The van der Waals surface area contributed by atoms with Crippen LogP contribution in [0, 0.1) is 0 Å². The molecule has 0 amide bonds. The average Bonchev–Trinajstić information content (AvgIpc) is 2.85. The first kappa shape index (κ1) is 18.7. The molecule has 0 saturated heterocycles. The van der Waals surface area contributed by atoms with E-state index in [1.54, 1.807) is 12.1 Å². The summed E-state index contributed by atoms with van der Waals surface area (Å²) in [6, 6.07) is 23.9. The first-order chi connectivity index (χ1) is 13.4. The second-order valence-electron chi connectivity index (χ2n) is 7.34. The molecular weight excluding hydrogens is 368 g/mol. The predicted octanol–water partition coefficient (Wildman–Crippen LogP) is 4.34. The van der Waals surface area contributed by atoms with Crippen LogP contribution < -0.4 is 4.90 Å². The second-order valence-corrected chi connectivity index (χ2v) is 9.32. The number of rotatable bonds is 3. The van der Waals surface area contributed by atoms with Crippen LogP contribution in [0.3, 0.4) is 0 Å². The van der Waals surface area contributed by atoms with E-state index in [0.29, 0.717) is 4.90 Å². The van der Waals surface area contributed by atoms with E-state index in [9.17, 15) is 8.42 Å². The molecule has 0 aromatic heterocycles. The maximum atomic E-state index is 12.2. The highest BCUT2D eigenvalue weighted by atomic mass is 32.2. The van der Waals surface area contributed by atoms with Gasteiger partial charge in [-0.1, -0.05) is 42.5 Å². The largest absolute Gasteiger partial charge is 0.340 e. The number of sulfone groups is 1. The van der Waals surface area contributed by atoms with Crippen LogP contribution >= 0.6 is 0 Å². The van der Waals surface area contributed by atoms with Crippen molar-refractivity contribution in [3.63, 3.8) is 0 Å². The van der Waals surface area contributed by atoms with E-state index in [-0.39, 0.29) is 0 Å². The zero-order chi connectivity index (χ0) is 19.7. The SMILES string of the molecule is CN1CCN(c2ccccc2)c2ccc(-c3ccccc3S(C)(=O)=O)cc2C1. The first-order valence-electron chi connectivity index (χ1n) is 9.37. The number of anilines is 2. The summed E-state index contributed by atoms with van der Waals surface area (Å²) in [7, 11) is -1.18. The van der Waals surface area contributed by atoms with Crippen molar-refractivity contribution in [1.82, 2.24) is 4.90 Å². The van der Waals surface area contributed by atoms with E-state index < -0.39 is 9.84 Å². The summed E-state index contributed by atoms with van der Waals surface area (Å²) in [5.74, 6) is 0. The second kappa shape index (κ2) is 7.41. The summed E-state index contributed by atoms with van der Waals surface area (Å²) in [5, 5.41) is 0. The highest BCUT2D eigenvalue weighted by Crippen LogP contribution is 2.36. The molecule has 4 rings (SSSR count). The van der Waals surface area contributed by atoms with Crippen molar-refractivity contribution in [2.45, 2.75) is 11.4 Å². The molecule has 0 fully saturated rings. The van der Waals surface area contributed by atoms with Crippen LogP contribution in [0.2, 0.25) is 0 Å². The molecule has 1 heterocycles. The van der Waals surface area contributed by atoms with E-state index in [1.165, 1.54) is 23.2 Å². The molecule has 144 valence electrons. The van der Waals surface area contributed by atoms with Crippen LogP contribution in [-0.4, -0.2) is 39.7 Å². The highest BCUT2D eigenvalue weighted by Gasteiger charge is 2.21. The molecule has 0 spiro atoms. The molecule has 1 aliphatic rings. The van der Waals surface area contributed by atoms with Crippen LogP contribution in [0.15, 0.2) is 77.7 Å². The van der Waals surface area contributed by atoms with Crippen molar-refractivity contribution in [3.05, 3.63) is 78.4 Å². The third-order valence-corrected chi connectivity index (χ3v) is 6.34. The average molecular weight is 393 g/mol. The molecule has 1 aliphatic heterocycles. The van der Waals surface area contributed by atoms with Crippen LogP contribution in [0.4, 0.5) is 11.4 Å². The van der Waals surface area contributed by atoms with Crippen molar-refractivity contribution >= 4 is 21.2 Å². The molecule has 0 saturated carbocycles. The summed E-state index contributed by atoms with van der Waals surface area (Å²) in [6.07, 6.45) is 1.26. The molecule has 0 N–H and O–H groups in total. The van der Waals surface area contributed by atoms with Crippen molar-refractivity contribution in [2.75, 3.05) is 31.3 Å². The van der Waals surface area contributed by atoms with Gasteiger partial charge in [-0.15, -0.1) is 0 Å². The number of likely N-dealkylation sites (N-methyl/N-ethyl adjacent to an activating group) is 1. The number of para-hydroxylation sites is 1. The van der Waals surface area contributed by atoms with Crippen LogP contribution in [-0.2, 0) is 16.4 Å². The van der Waals surface area contributed by atoms with Crippen LogP contribution in [0.1, 0.15) is 5.56 Å².